The number of benzene rings is 3. The van der Waals surface area contributed by atoms with Gasteiger partial charge in [-0.05, 0) is 80.8 Å². The van der Waals surface area contributed by atoms with Crippen molar-refractivity contribution in [3.63, 3.8) is 0 Å². The van der Waals surface area contributed by atoms with E-state index in [1.807, 2.05) is 49.7 Å². The van der Waals surface area contributed by atoms with Gasteiger partial charge in [-0.2, -0.15) is 0 Å². The van der Waals surface area contributed by atoms with Gasteiger partial charge in [0.15, 0.2) is 18.3 Å². The molecule has 0 saturated carbocycles. The lowest BCUT2D eigenvalue weighted by Gasteiger charge is -2.11. The number of nitrogens with zero attached hydrogens (tertiary/aromatic N) is 3. The Morgan fingerprint density at radius 2 is 1.68 bits per heavy atom. The third-order valence-corrected chi connectivity index (χ3v) is 5.72. The van der Waals surface area contributed by atoms with Crippen LogP contribution in [0.2, 0.25) is 0 Å². The molecular weight excluding hydrogens is 482 g/mol. The highest BCUT2D eigenvalue weighted by Gasteiger charge is 2.15. The maximum absolute atomic E-state index is 10.8. The van der Waals surface area contributed by atoms with Crippen LogP contribution in [-0.2, 0) is 17.8 Å². The molecule has 0 unspecified atom stereocenters. The first-order valence-electron chi connectivity index (χ1n) is 12.7. The number of ether oxygens (including phenoxy) is 3. The minimum absolute atomic E-state index is 0.0922. The molecule has 8 heteroatoms. The summed E-state index contributed by atoms with van der Waals surface area (Å²) in [4.78, 5) is 15.6. The Kier molecular flexibility index (Phi) is 8.63. The second-order valence-electron chi connectivity index (χ2n) is 9.27. The third-order valence-electron chi connectivity index (χ3n) is 5.72. The fraction of sp³-hybridized carbons (Fsp3) is 0.300. The minimum atomic E-state index is -1.02. The molecule has 0 bridgehead atoms. The van der Waals surface area contributed by atoms with Gasteiger partial charge in [0.25, 0.3) is 0 Å². The smallest absolute Gasteiger partial charge is 0.341 e. The lowest BCUT2D eigenvalue weighted by atomic mass is 10.1. The predicted octanol–water partition coefficient (Wildman–Crippen LogP) is 6.02. The van der Waals surface area contributed by atoms with Crippen molar-refractivity contribution < 1.29 is 24.1 Å². The van der Waals surface area contributed by atoms with E-state index in [1.165, 1.54) is 5.56 Å². The predicted molar refractivity (Wildman–Crippen MR) is 145 cm³/mol. The van der Waals surface area contributed by atoms with Crippen LogP contribution < -0.4 is 14.2 Å². The number of aromatic nitrogens is 3. The Morgan fingerprint density at radius 1 is 0.974 bits per heavy atom. The summed E-state index contributed by atoms with van der Waals surface area (Å²) in [6, 6.07) is 21.4. The van der Waals surface area contributed by atoms with Crippen LogP contribution >= 0.6 is 0 Å². The van der Waals surface area contributed by atoms with Crippen LogP contribution in [0.5, 0.6) is 17.2 Å². The number of hydrogen-bond acceptors (Lipinski definition) is 6. The molecule has 0 aliphatic carbocycles. The Hall–Kier alpha value is -4.33. The molecule has 0 radical (unpaired) electrons. The molecule has 4 rings (SSSR count). The van der Waals surface area contributed by atoms with Gasteiger partial charge in [-0.1, -0.05) is 37.6 Å². The van der Waals surface area contributed by atoms with E-state index in [4.69, 9.17) is 29.4 Å². The number of carboxylic acids is 1. The first kappa shape index (κ1) is 26.7. The zero-order valence-corrected chi connectivity index (χ0v) is 22.2. The summed E-state index contributed by atoms with van der Waals surface area (Å²) in [6.07, 6.45) is 2.21. The second-order valence-corrected chi connectivity index (χ2v) is 9.27. The van der Waals surface area contributed by atoms with Crippen LogP contribution in [0.15, 0.2) is 66.7 Å². The van der Waals surface area contributed by atoms with E-state index < -0.39 is 12.6 Å². The number of carbonyl (C=O) groups is 1. The number of rotatable bonds is 12. The van der Waals surface area contributed by atoms with E-state index in [9.17, 15) is 4.79 Å². The van der Waals surface area contributed by atoms with Gasteiger partial charge in [0.05, 0.1) is 11.8 Å². The van der Waals surface area contributed by atoms with Crippen LogP contribution in [0.1, 0.15) is 44.1 Å². The van der Waals surface area contributed by atoms with Crippen LogP contribution in [0, 0.1) is 6.92 Å². The molecule has 0 atom stereocenters. The summed E-state index contributed by atoms with van der Waals surface area (Å²) in [5.74, 6) is 2.14. The largest absolute Gasteiger partial charge is 0.491 e. The highest BCUT2D eigenvalue weighted by atomic mass is 16.5. The Morgan fingerprint density at radius 3 is 2.32 bits per heavy atom. The van der Waals surface area contributed by atoms with Crippen molar-refractivity contribution in [1.29, 1.82) is 0 Å². The van der Waals surface area contributed by atoms with Gasteiger partial charge in [0.2, 0.25) is 0 Å². The molecule has 1 heterocycles. The van der Waals surface area contributed by atoms with E-state index in [2.05, 4.69) is 31.2 Å². The van der Waals surface area contributed by atoms with Crippen molar-refractivity contribution in [3.8, 4) is 34.3 Å². The topological polar surface area (TPSA) is 95.7 Å². The lowest BCUT2D eigenvalue weighted by molar-refractivity contribution is -0.139. The summed E-state index contributed by atoms with van der Waals surface area (Å²) >= 11 is 0. The average molecular weight is 516 g/mol. The van der Waals surface area contributed by atoms with Crippen LogP contribution in [-0.4, -0.2) is 38.6 Å². The Bertz CT molecular complexity index is 1360. The SMILES string of the molecule is CCCc1ccc(-c2nc(COc3ccc(OCC(=O)O)c(C)c3)nn2-c2ccc(OC(C)C)cc2)cc1. The van der Waals surface area contributed by atoms with Crippen LogP contribution in [0.25, 0.3) is 17.1 Å². The maximum Gasteiger partial charge on any atom is 0.341 e. The lowest BCUT2D eigenvalue weighted by Crippen LogP contribution is -2.10. The molecule has 0 saturated heterocycles. The molecule has 3 aromatic carbocycles. The number of aryl methyl sites for hydroxylation is 2. The van der Waals surface area contributed by atoms with Crippen molar-refractivity contribution in [2.45, 2.75) is 53.2 Å². The highest BCUT2D eigenvalue weighted by molar-refractivity contribution is 5.68. The van der Waals surface area contributed by atoms with Crippen LogP contribution in [0.3, 0.4) is 0 Å². The summed E-state index contributed by atoms with van der Waals surface area (Å²) in [5, 5.41) is 13.6. The minimum Gasteiger partial charge on any atom is -0.491 e. The zero-order valence-electron chi connectivity index (χ0n) is 22.2. The average Bonchev–Trinajstić information content (AvgIpc) is 3.32. The molecule has 1 N–H and O–H groups in total. The summed E-state index contributed by atoms with van der Waals surface area (Å²) in [6.45, 7) is 7.77. The summed E-state index contributed by atoms with van der Waals surface area (Å²) < 4.78 is 18.9. The molecule has 0 amide bonds. The van der Waals surface area contributed by atoms with Crippen molar-refractivity contribution in [1.82, 2.24) is 14.8 Å². The van der Waals surface area contributed by atoms with Crippen molar-refractivity contribution in [2.24, 2.45) is 0 Å². The van der Waals surface area contributed by atoms with E-state index in [-0.39, 0.29) is 12.7 Å². The fourth-order valence-electron chi connectivity index (χ4n) is 3.99. The standard InChI is InChI=1S/C30H33N3O5/c1-5-6-22-7-9-23(10-8-22)30-31-28(32-33(30)24-11-13-25(14-12-24)38-20(2)3)18-36-26-15-16-27(21(4)17-26)37-19-29(34)35/h7-17,20H,5-6,18-19H2,1-4H3,(H,34,35). The van der Waals surface area contributed by atoms with E-state index >= 15 is 0 Å². The molecule has 1 aromatic heterocycles. The Labute approximate surface area is 222 Å². The normalized spacial score (nSPS) is 11.0. The van der Waals surface area contributed by atoms with Gasteiger partial charge in [0.1, 0.15) is 23.9 Å². The van der Waals surface area contributed by atoms with Gasteiger partial charge < -0.3 is 19.3 Å². The maximum atomic E-state index is 10.8. The molecule has 0 fully saturated rings. The highest BCUT2D eigenvalue weighted by Crippen LogP contribution is 2.26. The summed E-state index contributed by atoms with van der Waals surface area (Å²) in [7, 11) is 0. The second kappa shape index (κ2) is 12.3. The molecular formula is C30H33N3O5. The van der Waals surface area contributed by atoms with Crippen LogP contribution in [0.4, 0.5) is 0 Å². The first-order valence-corrected chi connectivity index (χ1v) is 12.7. The van der Waals surface area contributed by atoms with Crippen molar-refractivity contribution in [3.05, 3.63) is 83.7 Å². The first-order chi connectivity index (χ1) is 18.3. The molecule has 0 spiro atoms. The Balaban J connectivity index is 1.58. The van der Waals surface area contributed by atoms with Gasteiger partial charge in [-0.25, -0.2) is 14.5 Å². The number of aliphatic carboxylic acids is 1. The summed E-state index contributed by atoms with van der Waals surface area (Å²) in [5.41, 5.74) is 3.89. The number of carboxylic acid groups (broad SMARTS) is 1. The van der Waals surface area contributed by atoms with E-state index in [1.54, 1.807) is 18.2 Å². The third kappa shape index (κ3) is 6.91. The van der Waals surface area contributed by atoms with Gasteiger partial charge in [0, 0.05) is 5.56 Å². The van der Waals surface area contributed by atoms with Crippen molar-refractivity contribution in [2.75, 3.05) is 6.61 Å². The fourth-order valence-corrected chi connectivity index (χ4v) is 3.99. The molecule has 198 valence electrons. The monoisotopic (exact) mass is 515 g/mol. The molecule has 0 aliphatic heterocycles. The van der Waals surface area contributed by atoms with Crippen molar-refractivity contribution >= 4 is 5.97 Å². The quantitative estimate of drug-likeness (QED) is 0.246. The molecule has 38 heavy (non-hydrogen) atoms. The molecule has 8 nitrogen and oxygen atoms in total. The zero-order chi connectivity index (χ0) is 27.1. The number of hydrogen-bond donors (Lipinski definition) is 1. The molecule has 4 aromatic rings. The molecule has 0 aliphatic rings. The van der Waals surface area contributed by atoms with Gasteiger partial charge >= 0.3 is 5.97 Å². The van der Waals surface area contributed by atoms with E-state index in [0.29, 0.717) is 17.3 Å². The van der Waals surface area contributed by atoms with Gasteiger partial charge in [-0.15, -0.1) is 5.10 Å². The van der Waals surface area contributed by atoms with Gasteiger partial charge in [-0.3, -0.25) is 0 Å². The van der Waals surface area contributed by atoms with E-state index in [0.717, 1.165) is 41.2 Å².